The van der Waals surface area contributed by atoms with Crippen LogP contribution in [0.15, 0.2) is 47.7 Å². The summed E-state index contributed by atoms with van der Waals surface area (Å²) >= 11 is 0. The number of aromatic nitrogens is 2. The summed E-state index contributed by atoms with van der Waals surface area (Å²) in [5.41, 5.74) is 2.46. The molecule has 7 nitrogen and oxygen atoms in total. The SMILES string of the molecule is CN=C(NCCCCCCC(=O)OC)NCc1ccccc1Cn1cccn1.I. The maximum atomic E-state index is 11.1. The number of unbranched alkanes of at least 4 members (excludes halogenated alkanes) is 3. The van der Waals surface area contributed by atoms with Crippen molar-refractivity contribution in [3.63, 3.8) is 0 Å². The Morgan fingerprint density at radius 2 is 1.86 bits per heavy atom. The molecule has 1 aromatic heterocycles. The maximum Gasteiger partial charge on any atom is 0.305 e. The number of hydrogen-bond donors (Lipinski definition) is 2. The molecule has 0 aliphatic rings. The molecule has 0 unspecified atom stereocenters. The van der Waals surface area contributed by atoms with Crippen LogP contribution < -0.4 is 10.6 Å². The number of hydrogen-bond acceptors (Lipinski definition) is 4. The number of aliphatic imine (C=N–C) groups is 1. The predicted molar refractivity (Wildman–Crippen MR) is 126 cm³/mol. The van der Waals surface area contributed by atoms with Crippen molar-refractivity contribution in [2.24, 2.45) is 4.99 Å². The zero-order valence-electron chi connectivity index (χ0n) is 17.3. The molecular weight excluding hydrogens is 481 g/mol. The summed E-state index contributed by atoms with van der Waals surface area (Å²) in [7, 11) is 3.21. The number of halogens is 1. The summed E-state index contributed by atoms with van der Waals surface area (Å²) in [5, 5.41) is 11.0. The topological polar surface area (TPSA) is 80.5 Å². The van der Waals surface area contributed by atoms with Crippen molar-refractivity contribution in [2.45, 2.75) is 45.2 Å². The van der Waals surface area contributed by atoms with Crippen molar-refractivity contribution in [1.29, 1.82) is 0 Å². The minimum atomic E-state index is -0.129. The minimum Gasteiger partial charge on any atom is -0.469 e. The van der Waals surface area contributed by atoms with E-state index < -0.39 is 0 Å². The van der Waals surface area contributed by atoms with Crippen LogP contribution in [0.5, 0.6) is 0 Å². The van der Waals surface area contributed by atoms with E-state index in [1.54, 1.807) is 13.2 Å². The summed E-state index contributed by atoms with van der Waals surface area (Å²) in [6.45, 7) is 2.31. The summed E-state index contributed by atoms with van der Waals surface area (Å²) < 4.78 is 6.57. The molecule has 8 heteroatoms. The number of guanidine groups is 1. The molecule has 29 heavy (non-hydrogen) atoms. The molecule has 0 amide bonds. The van der Waals surface area contributed by atoms with E-state index in [2.05, 4.69) is 43.7 Å². The van der Waals surface area contributed by atoms with E-state index in [0.29, 0.717) is 13.0 Å². The summed E-state index contributed by atoms with van der Waals surface area (Å²) in [5.74, 6) is 0.666. The van der Waals surface area contributed by atoms with E-state index in [9.17, 15) is 4.79 Å². The average Bonchev–Trinajstić information content (AvgIpc) is 3.23. The van der Waals surface area contributed by atoms with Crippen LogP contribution in [-0.2, 0) is 22.6 Å². The van der Waals surface area contributed by atoms with Crippen molar-refractivity contribution in [3.05, 3.63) is 53.9 Å². The van der Waals surface area contributed by atoms with Crippen LogP contribution in [0.3, 0.4) is 0 Å². The van der Waals surface area contributed by atoms with Gasteiger partial charge in [0.25, 0.3) is 0 Å². The summed E-state index contributed by atoms with van der Waals surface area (Å²) in [6, 6.07) is 10.3. The highest BCUT2D eigenvalue weighted by Gasteiger charge is 2.05. The number of rotatable bonds is 11. The van der Waals surface area contributed by atoms with E-state index in [-0.39, 0.29) is 29.9 Å². The van der Waals surface area contributed by atoms with Gasteiger partial charge in [0.05, 0.1) is 13.7 Å². The molecule has 0 saturated carbocycles. The fourth-order valence-electron chi connectivity index (χ4n) is 2.91. The molecule has 2 aromatic rings. The molecule has 0 saturated heterocycles. The number of nitrogens with one attached hydrogen (secondary N) is 2. The Morgan fingerprint density at radius 3 is 2.55 bits per heavy atom. The van der Waals surface area contributed by atoms with Crippen LogP contribution in [0.4, 0.5) is 0 Å². The molecule has 1 heterocycles. The fourth-order valence-corrected chi connectivity index (χ4v) is 2.91. The molecule has 160 valence electrons. The molecule has 0 radical (unpaired) electrons. The number of ether oxygens (including phenoxy) is 1. The predicted octanol–water partition coefficient (Wildman–Crippen LogP) is 3.34. The molecule has 1 aromatic carbocycles. The quantitative estimate of drug-likeness (QED) is 0.159. The molecule has 0 aliphatic heterocycles. The van der Waals surface area contributed by atoms with Gasteiger partial charge in [-0.1, -0.05) is 37.1 Å². The van der Waals surface area contributed by atoms with Gasteiger partial charge in [0, 0.05) is 39.0 Å². The highest BCUT2D eigenvalue weighted by molar-refractivity contribution is 14.0. The first-order chi connectivity index (χ1) is 13.7. The summed E-state index contributed by atoms with van der Waals surface area (Å²) in [6.07, 6.45) is 8.30. The Labute approximate surface area is 190 Å². The second-order valence-electron chi connectivity index (χ2n) is 6.57. The highest BCUT2D eigenvalue weighted by atomic mass is 127. The van der Waals surface area contributed by atoms with Gasteiger partial charge in [-0.25, -0.2) is 0 Å². The van der Waals surface area contributed by atoms with Gasteiger partial charge in [0.2, 0.25) is 0 Å². The van der Waals surface area contributed by atoms with Gasteiger partial charge < -0.3 is 15.4 Å². The molecule has 0 bridgehead atoms. The zero-order valence-corrected chi connectivity index (χ0v) is 19.6. The van der Waals surface area contributed by atoms with Crippen molar-refractivity contribution in [3.8, 4) is 0 Å². The maximum absolute atomic E-state index is 11.1. The minimum absolute atomic E-state index is 0. The van der Waals surface area contributed by atoms with Crippen LogP contribution in [0.1, 0.15) is 43.2 Å². The first-order valence-corrected chi connectivity index (χ1v) is 9.78. The van der Waals surface area contributed by atoms with Gasteiger partial charge in [-0.3, -0.25) is 14.5 Å². The van der Waals surface area contributed by atoms with Crippen molar-refractivity contribution in [2.75, 3.05) is 20.7 Å². The Morgan fingerprint density at radius 1 is 1.10 bits per heavy atom. The fraction of sp³-hybridized carbons (Fsp3) is 0.476. The lowest BCUT2D eigenvalue weighted by molar-refractivity contribution is -0.140. The van der Waals surface area contributed by atoms with Gasteiger partial charge in [-0.15, -0.1) is 24.0 Å². The van der Waals surface area contributed by atoms with Crippen LogP contribution in [0, 0.1) is 0 Å². The highest BCUT2D eigenvalue weighted by Crippen LogP contribution is 2.10. The van der Waals surface area contributed by atoms with E-state index in [0.717, 1.165) is 44.7 Å². The standard InChI is InChI=1S/C21H31N5O2.HI/c1-22-21(23-13-8-4-3-5-12-20(27)28-2)24-16-18-10-6-7-11-19(18)17-26-15-9-14-25-26;/h6-7,9-11,14-15H,3-5,8,12-13,16-17H2,1-2H3,(H2,22,23,24);1H. The van der Waals surface area contributed by atoms with Crippen LogP contribution >= 0.6 is 24.0 Å². The van der Waals surface area contributed by atoms with Crippen LogP contribution in [-0.4, -0.2) is 42.4 Å². The molecule has 0 fully saturated rings. The van der Waals surface area contributed by atoms with Gasteiger partial charge in [0.1, 0.15) is 0 Å². The van der Waals surface area contributed by atoms with Gasteiger partial charge >= 0.3 is 5.97 Å². The van der Waals surface area contributed by atoms with Gasteiger partial charge in [0.15, 0.2) is 5.96 Å². The second kappa shape index (κ2) is 14.8. The Hall–Kier alpha value is -2.10. The zero-order chi connectivity index (χ0) is 20.0. The van der Waals surface area contributed by atoms with E-state index in [1.807, 2.05) is 23.0 Å². The Bertz CT molecular complexity index is 734. The lowest BCUT2D eigenvalue weighted by atomic mass is 10.1. The third-order valence-electron chi connectivity index (χ3n) is 4.51. The van der Waals surface area contributed by atoms with E-state index >= 15 is 0 Å². The van der Waals surface area contributed by atoms with Crippen LogP contribution in [0.2, 0.25) is 0 Å². The molecule has 2 N–H and O–H groups in total. The largest absolute Gasteiger partial charge is 0.469 e. The molecule has 0 spiro atoms. The third kappa shape index (κ3) is 9.78. The monoisotopic (exact) mass is 513 g/mol. The summed E-state index contributed by atoms with van der Waals surface area (Å²) in [4.78, 5) is 15.4. The Balaban J connectivity index is 0.00000420. The Kier molecular flexibility index (Phi) is 12.8. The lowest BCUT2D eigenvalue weighted by Crippen LogP contribution is -2.37. The lowest BCUT2D eigenvalue weighted by Gasteiger charge is -2.14. The van der Waals surface area contributed by atoms with Crippen molar-refractivity contribution >= 4 is 35.9 Å². The first kappa shape index (κ1) is 24.9. The van der Waals surface area contributed by atoms with Crippen molar-refractivity contribution in [1.82, 2.24) is 20.4 Å². The number of nitrogens with zero attached hydrogens (tertiary/aromatic N) is 3. The van der Waals surface area contributed by atoms with Crippen molar-refractivity contribution < 1.29 is 9.53 Å². The number of benzene rings is 1. The van der Waals surface area contributed by atoms with E-state index in [1.165, 1.54) is 18.2 Å². The molecular formula is C21H32IN5O2. The second-order valence-corrected chi connectivity index (χ2v) is 6.57. The molecule has 0 atom stereocenters. The number of methoxy groups -OCH3 is 1. The number of esters is 1. The van der Waals surface area contributed by atoms with Gasteiger partial charge in [-0.2, -0.15) is 5.10 Å². The van der Waals surface area contributed by atoms with Crippen LogP contribution in [0.25, 0.3) is 0 Å². The first-order valence-electron chi connectivity index (χ1n) is 9.78. The number of carbonyl (C=O) groups is 1. The smallest absolute Gasteiger partial charge is 0.305 e. The molecule has 2 rings (SSSR count). The van der Waals surface area contributed by atoms with Gasteiger partial charge in [-0.05, 0) is 30.0 Å². The molecule has 0 aliphatic carbocycles. The number of carbonyl (C=O) groups excluding carboxylic acids is 1. The third-order valence-corrected chi connectivity index (χ3v) is 4.51. The normalized spacial score (nSPS) is 10.9. The van der Waals surface area contributed by atoms with E-state index in [4.69, 9.17) is 0 Å². The average molecular weight is 513 g/mol.